The van der Waals surface area contributed by atoms with Crippen LogP contribution >= 0.6 is 0 Å². The van der Waals surface area contributed by atoms with Crippen LogP contribution in [0.3, 0.4) is 0 Å². The molecule has 0 aliphatic heterocycles. The monoisotopic (exact) mass is 310 g/mol. The van der Waals surface area contributed by atoms with Crippen LogP contribution in [0.2, 0.25) is 0 Å². The van der Waals surface area contributed by atoms with Crippen molar-refractivity contribution < 1.29 is 19.1 Å². The van der Waals surface area contributed by atoms with Crippen LogP contribution in [0.5, 0.6) is 0 Å². The van der Waals surface area contributed by atoms with Gasteiger partial charge in [-0.3, -0.25) is 4.79 Å². The fraction of sp³-hybridized carbons (Fsp3) is 0.118. The molecule has 0 aliphatic rings. The van der Waals surface area contributed by atoms with Crippen LogP contribution < -0.4 is 0 Å². The zero-order chi connectivity index (χ0) is 16.6. The normalized spacial score (nSPS) is 10.7. The summed E-state index contributed by atoms with van der Waals surface area (Å²) in [6, 6.07) is 9.99. The van der Waals surface area contributed by atoms with Crippen molar-refractivity contribution in [2.24, 2.45) is 0 Å². The third-order valence-electron chi connectivity index (χ3n) is 3.49. The van der Waals surface area contributed by atoms with E-state index in [0.717, 1.165) is 11.4 Å². The third-order valence-corrected chi connectivity index (χ3v) is 3.49. The second-order valence-electron chi connectivity index (χ2n) is 5.20. The van der Waals surface area contributed by atoms with E-state index in [1.54, 1.807) is 22.9 Å². The highest BCUT2D eigenvalue weighted by Gasteiger charge is 2.17. The van der Waals surface area contributed by atoms with Gasteiger partial charge in [0.2, 0.25) is 0 Å². The standard InChI is InChI=1S/C17H14N2O4/c1-10-7-11(2)19(18-10)15-5-3-12(8-14(15)17(21)22)16-6-4-13(9-20)23-16/h3-9H,1-2H3,(H,21,22). The Hall–Kier alpha value is -3.15. The van der Waals surface area contributed by atoms with Crippen LogP contribution in [0, 0.1) is 13.8 Å². The molecule has 0 saturated carbocycles. The van der Waals surface area contributed by atoms with E-state index >= 15 is 0 Å². The lowest BCUT2D eigenvalue weighted by atomic mass is 10.1. The smallest absolute Gasteiger partial charge is 0.337 e. The zero-order valence-corrected chi connectivity index (χ0v) is 12.6. The first-order valence-electron chi connectivity index (χ1n) is 6.96. The Morgan fingerprint density at radius 1 is 1.22 bits per heavy atom. The van der Waals surface area contributed by atoms with Crippen LogP contribution in [0.25, 0.3) is 17.0 Å². The number of hydrogen-bond acceptors (Lipinski definition) is 4. The molecule has 6 heteroatoms. The molecule has 3 rings (SSSR count). The van der Waals surface area contributed by atoms with Crippen LogP contribution in [-0.4, -0.2) is 27.1 Å². The minimum absolute atomic E-state index is 0.109. The summed E-state index contributed by atoms with van der Waals surface area (Å²) in [6.07, 6.45) is 0.603. The molecule has 2 aromatic heterocycles. The maximum Gasteiger partial charge on any atom is 0.337 e. The Morgan fingerprint density at radius 2 is 2.00 bits per heavy atom. The van der Waals surface area contributed by atoms with Gasteiger partial charge in [-0.15, -0.1) is 0 Å². The first-order chi connectivity index (χ1) is 11.0. The fourth-order valence-electron chi connectivity index (χ4n) is 2.49. The number of carboxylic acids is 1. The molecule has 2 heterocycles. The lowest BCUT2D eigenvalue weighted by Gasteiger charge is -2.10. The van der Waals surface area contributed by atoms with Crippen molar-refractivity contribution >= 4 is 12.3 Å². The number of carbonyl (C=O) groups excluding carboxylic acids is 1. The Balaban J connectivity index is 2.14. The molecule has 0 spiro atoms. The fourth-order valence-corrected chi connectivity index (χ4v) is 2.49. The highest BCUT2D eigenvalue weighted by Crippen LogP contribution is 2.26. The van der Waals surface area contributed by atoms with Gasteiger partial charge in [-0.1, -0.05) is 0 Å². The Labute approximate surface area is 132 Å². The summed E-state index contributed by atoms with van der Waals surface area (Å²) in [5, 5.41) is 13.8. The van der Waals surface area contributed by atoms with Crippen molar-refractivity contribution in [1.29, 1.82) is 0 Å². The third kappa shape index (κ3) is 2.66. The van der Waals surface area contributed by atoms with E-state index in [4.69, 9.17) is 4.42 Å². The molecule has 6 nitrogen and oxygen atoms in total. The van der Waals surface area contributed by atoms with Gasteiger partial charge in [0.1, 0.15) is 5.76 Å². The van der Waals surface area contributed by atoms with Crippen molar-refractivity contribution in [3.63, 3.8) is 0 Å². The number of carboxylic acid groups (broad SMARTS) is 1. The second-order valence-corrected chi connectivity index (χ2v) is 5.20. The van der Waals surface area contributed by atoms with Crippen molar-refractivity contribution in [3.05, 3.63) is 59.1 Å². The van der Waals surface area contributed by atoms with Crippen LogP contribution in [-0.2, 0) is 0 Å². The van der Waals surface area contributed by atoms with Gasteiger partial charge in [0, 0.05) is 11.3 Å². The lowest BCUT2D eigenvalue weighted by Crippen LogP contribution is -2.08. The SMILES string of the molecule is Cc1cc(C)n(-c2ccc(-c3ccc(C=O)o3)cc2C(=O)O)n1. The minimum Gasteiger partial charge on any atom is -0.478 e. The van der Waals surface area contributed by atoms with Crippen molar-refractivity contribution in [2.75, 3.05) is 0 Å². The molecule has 0 atom stereocenters. The van der Waals surface area contributed by atoms with Gasteiger partial charge in [-0.05, 0) is 50.2 Å². The molecule has 0 fully saturated rings. The summed E-state index contributed by atoms with van der Waals surface area (Å²) >= 11 is 0. The van der Waals surface area contributed by atoms with Crippen LogP contribution in [0.15, 0.2) is 40.8 Å². The summed E-state index contributed by atoms with van der Waals surface area (Å²) in [5.74, 6) is -0.425. The van der Waals surface area contributed by atoms with Gasteiger partial charge in [0.05, 0.1) is 16.9 Å². The predicted octanol–water partition coefficient (Wildman–Crippen LogP) is 3.26. The number of carbonyl (C=O) groups is 2. The van der Waals surface area contributed by atoms with Gasteiger partial charge in [-0.25, -0.2) is 9.48 Å². The van der Waals surface area contributed by atoms with E-state index in [1.165, 1.54) is 12.1 Å². The van der Waals surface area contributed by atoms with E-state index < -0.39 is 5.97 Å². The molecule has 23 heavy (non-hydrogen) atoms. The number of aromatic carboxylic acids is 1. The first-order valence-corrected chi connectivity index (χ1v) is 6.96. The summed E-state index contributed by atoms with van der Waals surface area (Å²) < 4.78 is 6.94. The average Bonchev–Trinajstić information content (AvgIpc) is 3.13. The summed E-state index contributed by atoms with van der Waals surface area (Å²) in [4.78, 5) is 22.3. The molecule has 0 aliphatic carbocycles. The quantitative estimate of drug-likeness (QED) is 0.748. The second kappa shape index (κ2) is 5.57. The summed E-state index contributed by atoms with van der Waals surface area (Å²) in [5.41, 5.74) is 2.83. The number of aryl methyl sites for hydroxylation is 2. The Morgan fingerprint density at radius 3 is 2.57 bits per heavy atom. The molecule has 0 saturated heterocycles. The minimum atomic E-state index is -1.06. The predicted molar refractivity (Wildman–Crippen MR) is 83.1 cm³/mol. The van der Waals surface area contributed by atoms with Crippen molar-refractivity contribution in [2.45, 2.75) is 13.8 Å². The number of furan rings is 1. The van der Waals surface area contributed by atoms with Gasteiger partial charge >= 0.3 is 5.97 Å². The van der Waals surface area contributed by atoms with E-state index in [2.05, 4.69) is 5.10 Å². The number of nitrogens with zero attached hydrogens (tertiary/aromatic N) is 2. The van der Waals surface area contributed by atoms with Crippen molar-refractivity contribution in [3.8, 4) is 17.0 Å². The molecule has 0 bridgehead atoms. The Kier molecular flexibility index (Phi) is 3.57. The molecule has 1 aromatic carbocycles. The van der Waals surface area contributed by atoms with Gasteiger partial charge in [0.15, 0.2) is 12.0 Å². The van der Waals surface area contributed by atoms with E-state index in [9.17, 15) is 14.7 Å². The number of rotatable bonds is 4. The Bertz CT molecular complexity index is 905. The molecule has 0 unspecified atom stereocenters. The van der Waals surface area contributed by atoms with E-state index in [0.29, 0.717) is 23.3 Å². The molecule has 0 radical (unpaired) electrons. The highest BCUT2D eigenvalue weighted by molar-refractivity contribution is 5.93. The van der Waals surface area contributed by atoms with E-state index in [-0.39, 0.29) is 11.3 Å². The maximum absolute atomic E-state index is 11.6. The average molecular weight is 310 g/mol. The van der Waals surface area contributed by atoms with E-state index in [1.807, 2.05) is 19.9 Å². The summed E-state index contributed by atoms with van der Waals surface area (Å²) in [7, 11) is 0. The molecule has 3 aromatic rings. The molecular weight excluding hydrogens is 296 g/mol. The van der Waals surface area contributed by atoms with Crippen molar-refractivity contribution in [1.82, 2.24) is 9.78 Å². The molecular formula is C17H14N2O4. The lowest BCUT2D eigenvalue weighted by molar-refractivity contribution is 0.0696. The topological polar surface area (TPSA) is 85.3 Å². The first kappa shape index (κ1) is 14.8. The van der Waals surface area contributed by atoms with Gasteiger partial charge < -0.3 is 9.52 Å². The number of hydrogen-bond donors (Lipinski definition) is 1. The van der Waals surface area contributed by atoms with Gasteiger partial charge in [-0.2, -0.15) is 5.10 Å². The molecule has 1 N–H and O–H groups in total. The largest absolute Gasteiger partial charge is 0.478 e. The molecule has 116 valence electrons. The van der Waals surface area contributed by atoms with Gasteiger partial charge in [0.25, 0.3) is 0 Å². The van der Waals surface area contributed by atoms with Crippen LogP contribution in [0.4, 0.5) is 0 Å². The summed E-state index contributed by atoms with van der Waals surface area (Å²) in [6.45, 7) is 3.71. The van der Waals surface area contributed by atoms with Crippen LogP contribution in [0.1, 0.15) is 32.3 Å². The highest BCUT2D eigenvalue weighted by atomic mass is 16.4. The zero-order valence-electron chi connectivity index (χ0n) is 12.6. The number of aldehydes is 1. The molecule has 0 amide bonds. The maximum atomic E-state index is 11.6. The number of aromatic nitrogens is 2. The number of benzene rings is 1.